The Kier molecular flexibility index (Phi) is 12.2. The van der Waals surface area contributed by atoms with Crippen molar-refractivity contribution in [1.82, 2.24) is 28.9 Å². The summed E-state index contributed by atoms with van der Waals surface area (Å²) in [6, 6.07) is 26.6. The minimum atomic E-state index is -2.57. The zero-order valence-corrected chi connectivity index (χ0v) is 32.4. The molecule has 0 radical (unpaired) electrons. The number of imidazole rings is 2. The molecule has 0 atom stereocenters. The lowest BCUT2D eigenvalue weighted by Crippen LogP contribution is -2.54. The molecule has 2 aromatic heterocycles. The van der Waals surface area contributed by atoms with Crippen LogP contribution < -0.4 is 0 Å². The summed E-state index contributed by atoms with van der Waals surface area (Å²) in [6.07, 6.45) is 1.73. The maximum Gasteiger partial charge on any atom is 0.280 e. The van der Waals surface area contributed by atoms with Gasteiger partial charge in [-0.15, -0.1) is 0 Å². The molecule has 8 rings (SSSR count). The summed E-state index contributed by atoms with van der Waals surface area (Å²) in [5.74, 6) is -9.15. The van der Waals surface area contributed by atoms with Crippen molar-refractivity contribution in [2.75, 3.05) is 13.1 Å². The van der Waals surface area contributed by atoms with Gasteiger partial charge in [0.1, 0.15) is 11.6 Å². The van der Waals surface area contributed by atoms with Gasteiger partial charge in [0.2, 0.25) is 11.8 Å². The number of fused-ring (bicyclic) bond motifs is 2. The van der Waals surface area contributed by atoms with E-state index in [0.717, 1.165) is 23.2 Å². The predicted octanol–water partition coefficient (Wildman–Crippen LogP) is 4.16. The van der Waals surface area contributed by atoms with Crippen LogP contribution in [0.2, 0.25) is 10.0 Å². The summed E-state index contributed by atoms with van der Waals surface area (Å²) in [6.45, 7) is 6.12. The lowest BCUT2D eigenvalue weighted by Gasteiger charge is -2.35. The van der Waals surface area contributed by atoms with E-state index in [2.05, 4.69) is 14.9 Å². The Balaban J connectivity index is 0.000000184. The van der Waals surface area contributed by atoms with Crippen LogP contribution in [0.25, 0.3) is 22.1 Å². The van der Waals surface area contributed by atoms with Crippen LogP contribution in [-0.4, -0.2) is 94.7 Å². The van der Waals surface area contributed by atoms with Crippen LogP contribution in [0.4, 0.5) is 0 Å². The van der Waals surface area contributed by atoms with Gasteiger partial charge < -0.3 is 40.9 Å². The zero-order chi connectivity index (χ0) is 40.5. The summed E-state index contributed by atoms with van der Waals surface area (Å²) in [5.41, 5.74) is 2.64. The highest BCUT2D eigenvalue weighted by atomic mass is 35.5. The van der Waals surface area contributed by atoms with Crippen molar-refractivity contribution in [3.8, 4) is 0 Å². The van der Waals surface area contributed by atoms with Gasteiger partial charge in [0.25, 0.3) is 11.8 Å². The van der Waals surface area contributed by atoms with Crippen molar-refractivity contribution in [2.24, 2.45) is 0 Å². The number of aromatic nitrogens is 4. The lowest BCUT2D eigenvalue weighted by molar-refractivity contribution is -0.348. The van der Waals surface area contributed by atoms with E-state index in [1.165, 1.54) is 41.7 Å². The minimum Gasteiger partial charge on any atom is -0.353 e. The maximum absolute atomic E-state index is 11.0. The van der Waals surface area contributed by atoms with Crippen LogP contribution in [0.15, 0.2) is 97.1 Å². The summed E-state index contributed by atoms with van der Waals surface area (Å²) < 4.78 is 2.61. The molecule has 2 aliphatic rings. The van der Waals surface area contributed by atoms with E-state index in [4.69, 9.17) is 23.2 Å². The fourth-order valence-electron chi connectivity index (χ4n) is 7.09. The summed E-state index contributed by atoms with van der Waals surface area (Å²) in [5, 5.41) is 85.6. The van der Waals surface area contributed by atoms with E-state index in [-0.39, 0.29) is 24.2 Å². The second kappa shape index (κ2) is 16.5. The van der Waals surface area contributed by atoms with Gasteiger partial charge in [0.05, 0.1) is 35.2 Å². The first kappa shape index (κ1) is 41.6. The number of halogens is 2. The van der Waals surface area contributed by atoms with Crippen molar-refractivity contribution < 1.29 is 40.9 Å². The topological polar surface area (TPSA) is 204 Å². The number of nitrogens with zero attached hydrogens (tertiary/aromatic N) is 6. The highest BCUT2D eigenvalue weighted by molar-refractivity contribution is 6.30. The second-order valence-corrected chi connectivity index (χ2v) is 14.5. The van der Waals surface area contributed by atoms with Crippen LogP contribution in [-0.2, 0) is 24.9 Å². The number of hydrogen-bond donors (Lipinski definition) is 8. The number of benzene rings is 4. The van der Waals surface area contributed by atoms with Gasteiger partial charge in [0.15, 0.2) is 0 Å². The summed E-state index contributed by atoms with van der Waals surface area (Å²) >= 11 is 11.8. The van der Waals surface area contributed by atoms with Crippen LogP contribution >= 0.6 is 23.2 Å². The Morgan fingerprint density at radius 1 is 0.571 bits per heavy atom. The molecular formula is C40H46Cl2N6O8. The highest BCUT2D eigenvalue weighted by Crippen LogP contribution is 2.38. The molecule has 4 heterocycles. The summed E-state index contributed by atoms with van der Waals surface area (Å²) in [4.78, 5) is 11.9. The van der Waals surface area contributed by atoms with Gasteiger partial charge in [-0.2, -0.15) is 4.90 Å². The van der Waals surface area contributed by atoms with E-state index in [0.29, 0.717) is 49.4 Å². The Hall–Kier alpha value is -4.00. The average Bonchev–Trinajstić information content (AvgIpc) is 3.95. The molecule has 8 N–H and O–H groups in total. The van der Waals surface area contributed by atoms with Crippen molar-refractivity contribution in [1.29, 1.82) is 0 Å². The third-order valence-corrected chi connectivity index (χ3v) is 10.4. The zero-order valence-electron chi connectivity index (χ0n) is 30.9. The highest BCUT2D eigenvalue weighted by Gasteiger charge is 2.53. The van der Waals surface area contributed by atoms with Gasteiger partial charge in [-0.05, 0) is 74.5 Å². The molecule has 6 aromatic rings. The monoisotopic (exact) mass is 808 g/mol. The Bertz CT molecular complexity index is 2240. The van der Waals surface area contributed by atoms with E-state index in [1.54, 1.807) is 48.5 Å². The van der Waals surface area contributed by atoms with E-state index >= 15 is 0 Å². The molecule has 2 fully saturated rings. The van der Waals surface area contributed by atoms with Crippen LogP contribution in [0.5, 0.6) is 0 Å². The van der Waals surface area contributed by atoms with Crippen molar-refractivity contribution >= 4 is 45.3 Å². The molecule has 0 aliphatic carbocycles. The third-order valence-electron chi connectivity index (χ3n) is 9.87. The molecule has 298 valence electrons. The SMILES string of the molecule is CC.OC(O)(c1ccc(Cl)cc1)n1c(CN2CCCC2)nc2ccccc21.OC1(O)CCC(O)(O)N1Cc1nc2ccccc2n1C(O)(O)c1ccc(Cl)cc1. The van der Waals surface area contributed by atoms with E-state index in [9.17, 15) is 40.9 Å². The van der Waals surface area contributed by atoms with E-state index in [1.807, 2.05) is 38.1 Å². The first-order valence-corrected chi connectivity index (χ1v) is 19.1. The number of rotatable bonds is 8. The average molecular weight is 810 g/mol. The first-order valence-electron chi connectivity index (χ1n) is 18.3. The molecule has 14 nitrogen and oxygen atoms in total. The largest absolute Gasteiger partial charge is 0.353 e. The third kappa shape index (κ3) is 8.34. The molecular weight excluding hydrogens is 763 g/mol. The smallest absolute Gasteiger partial charge is 0.280 e. The van der Waals surface area contributed by atoms with Crippen LogP contribution in [0.1, 0.15) is 62.3 Å². The molecule has 0 saturated carbocycles. The van der Waals surface area contributed by atoms with E-state index < -0.39 is 30.2 Å². The van der Waals surface area contributed by atoms with Crippen molar-refractivity contribution in [2.45, 2.75) is 76.3 Å². The number of hydrogen-bond acceptors (Lipinski definition) is 12. The quantitative estimate of drug-likeness (QED) is 0.102. The number of likely N-dealkylation sites (tertiary alicyclic amines) is 2. The molecule has 2 saturated heterocycles. The minimum absolute atomic E-state index is 0.0204. The molecule has 0 unspecified atom stereocenters. The second-order valence-electron chi connectivity index (χ2n) is 13.6. The van der Waals surface area contributed by atoms with Gasteiger partial charge in [-0.3, -0.25) is 14.0 Å². The number of aliphatic hydroxyl groups is 8. The fourth-order valence-corrected chi connectivity index (χ4v) is 7.34. The molecule has 16 heteroatoms. The summed E-state index contributed by atoms with van der Waals surface area (Å²) in [7, 11) is 0. The molecule has 0 amide bonds. The molecule has 0 bridgehead atoms. The van der Waals surface area contributed by atoms with Gasteiger partial charge in [-0.1, -0.05) is 85.6 Å². The van der Waals surface area contributed by atoms with Crippen molar-refractivity contribution in [3.05, 3.63) is 130 Å². The van der Waals surface area contributed by atoms with Crippen molar-refractivity contribution in [3.63, 3.8) is 0 Å². The Morgan fingerprint density at radius 2 is 0.946 bits per heavy atom. The van der Waals surface area contributed by atoms with Crippen LogP contribution in [0, 0.1) is 0 Å². The molecule has 2 aliphatic heterocycles. The fraction of sp³-hybridized carbons (Fsp3) is 0.350. The molecule has 4 aromatic carbocycles. The van der Waals surface area contributed by atoms with Gasteiger partial charge in [-0.25, -0.2) is 9.97 Å². The number of para-hydroxylation sites is 4. The maximum atomic E-state index is 11.0. The molecule has 56 heavy (non-hydrogen) atoms. The van der Waals surface area contributed by atoms with Gasteiger partial charge >= 0.3 is 0 Å². The molecule has 0 spiro atoms. The lowest BCUT2D eigenvalue weighted by atomic mass is 10.1. The Morgan fingerprint density at radius 3 is 1.36 bits per heavy atom. The predicted molar refractivity (Wildman–Crippen MR) is 210 cm³/mol. The van der Waals surface area contributed by atoms with Gasteiger partial charge in [0, 0.05) is 34.0 Å². The first-order chi connectivity index (χ1) is 26.6. The van der Waals surface area contributed by atoms with Crippen LogP contribution in [0.3, 0.4) is 0 Å². The Labute approximate surface area is 333 Å². The normalized spacial score (nSPS) is 17.1. The standard InChI is InChI=1S/C19H20ClN3O6.C19H20ClN3O2.C2H6/c20-13-7-5-12(6-8-13)19(28,29)23-15-4-2-1-3-14(15)21-16(23)11-22-17(24,25)9-10-18(22,26)27;20-15-9-7-14(8-10-15)19(24,25)23-17-6-2-1-5-16(17)21-18(23)13-22-11-3-4-12-22;1-2/h1-8,24-29H,9-11H2;1-2,5-10,24-25H,3-4,11-13H2;1-2H3.